The Bertz CT molecular complexity index is 566. The summed E-state index contributed by atoms with van der Waals surface area (Å²) in [7, 11) is 3.27. The third-order valence-corrected chi connectivity index (χ3v) is 2.78. The molecule has 2 aromatic rings. The first-order valence-corrected chi connectivity index (χ1v) is 5.86. The number of ether oxygens (including phenoxy) is 1. The molecule has 0 aliphatic heterocycles. The topological polar surface area (TPSA) is 71.1 Å². The van der Waals surface area contributed by atoms with E-state index in [2.05, 4.69) is 15.2 Å². The lowest BCUT2D eigenvalue weighted by Gasteiger charge is -2.17. The Morgan fingerprint density at radius 1 is 1.47 bits per heavy atom. The summed E-state index contributed by atoms with van der Waals surface area (Å²) in [5, 5.41) is 6.48. The zero-order valence-electron chi connectivity index (χ0n) is 11.2. The van der Waals surface area contributed by atoms with Crippen molar-refractivity contribution >= 4 is 5.91 Å². The molecule has 1 aromatic carbocycles. The van der Waals surface area contributed by atoms with Crippen LogP contribution < -0.4 is 4.74 Å². The number of hydrogen-bond acceptors (Lipinski definition) is 4. The van der Waals surface area contributed by atoms with Crippen LogP contribution in [-0.2, 0) is 6.54 Å². The average Bonchev–Trinajstić information content (AvgIpc) is 2.90. The van der Waals surface area contributed by atoms with E-state index < -0.39 is 0 Å². The molecule has 0 aliphatic carbocycles. The number of amides is 1. The molecule has 6 heteroatoms. The van der Waals surface area contributed by atoms with Gasteiger partial charge in [-0.1, -0.05) is 11.6 Å². The third kappa shape index (κ3) is 2.90. The van der Waals surface area contributed by atoms with E-state index in [1.165, 1.54) is 6.33 Å². The second-order valence-electron chi connectivity index (χ2n) is 4.30. The highest BCUT2D eigenvalue weighted by Gasteiger charge is 2.17. The molecule has 19 heavy (non-hydrogen) atoms. The van der Waals surface area contributed by atoms with Gasteiger partial charge >= 0.3 is 0 Å². The molecule has 6 nitrogen and oxygen atoms in total. The summed E-state index contributed by atoms with van der Waals surface area (Å²) in [5.41, 5.74) is 1.56. The Morgan fingerprint density at radius 2 is 2.26 bits per heavy atom. The summed E-state index contributed by atoms with van der Waals surface area (Å²) in [6.07, 6.45) is 1.42. The van der Waals surface area contributed by atoms with Gasteiger partial charge in [0.15, 0.2) is 0 Å². The zero-order chi connectivity index (χ0) is 13.8. The summed E-state index contributed by atoms with van der Waals surface area (Å²) in [6, 6.07) is 5.52. The number of nitrogens with one attached hydrogen (secondary N) is 1. The first kappa shape index (κ1) is 13.1. The quantitative estimate of drug-likeness (QED) is 0.901. The Labute approximate surface area is 111 Å². The van der Waals surface area contributed by atoms with E-state index >= 15 is 0 Å². The van der Waals surface area contributed by atoms with Gasteiger partial charge in [0, 0.05) is 7.05 Å². The van der Waals surface area contributed by atoms with E-state index in [1.807, 2.05) is 19.1 Å². The van der Waals surface area contributed by atoms with Gasteiger partial charge < -0.3 is 9.64 Å². The minimum atomic E-state index is -0.114. The van der Waals surface area contributed by atoms with Crippen molar-refractivity contribution in [2.24, 2.45) is 0 Å². The molecule has 0 bridgehead atoms. The minimum Gasteiger partial charge on any atom is -0.496 e. The lowest BCUT2D eigenvalue weighted by atomic mass is 10.1. The molecule has 0 unspecified atom stereocenters. The molecule has 0 aliphatic rings. The average molecular weight is 260 g/mol. The number of hydrogen-bond donors (Lipinski definition) is 1. The van der Waals surface area contributed by atoms with E-state index in [9.17, 15) is 4.79 Å². The third-order valence-electron chi connectivity index (χ3n) is 2.78. The van der Waals surface area contributed by atoms with Crippen molar-refractivity contribution in [1.82, 2.24) is 20.1 Å². The van der Waals surface area contributed by atoms with Crippen LogP contribution in [0.2, 0.25) is 0 Å². The van der Waals surface area contributed by atoms with Crippen LogP contribution in [0.15, 0.2) is 24.5 Å². The number of nitrogens with zero attached hydrogens (tertiary/aromatic N) is 3. The second kappa shape index (κ2) is 5.51. The van der Waals surface area contributed by atoms with Crippen LogP contribution in [0.25, 0.3) is 0 Å². The number of carbonyl (C=O) groups is 1. The highest BCUT2D eigenvalue weighted by atomic mass is 16.5. The number of aryl methyl sites for hydroxylation is 1. The molecule has 0 spiro atoms. The van der Waals surface area contributed by atoms with Crippen molar-refractivity contribution in [2.75, 3.05) is 14.2 Å². The van der Waals surface area contributed by atoms with Gasteiger partial charge in [-0.2, -0.15) is 5.10 Å². The molecule has 2 rings (SSSR count). The maximum Gasteiger partial charge on any atom is 0.257 e. The van der Waals surface area contributed by atoms with Gasteiger partial charge in [-0.05, 0) is 19.1 Å². The largest absolute Gasteiger partial charge is 0.496 e. The van der Waals surface area contributed by atoms with Crippen molar-refractivity contribution in [3.8, 4) is 5.75 Å². The molecule has 100 valence electrons. The van der Waals surface area contributed by atoms with Crippen LogP contribution in [0.5, 0.6) is 5.75 Å². The molecule has 0 fully saturated rings. The van der Waals surface area contributed by atoms with E-state index in [-0.39, 0.29) is 5.91 Å². The lowest BCUT2D eigenvalue weighted by molar-refractivity contribution is 0.0778. The van der Waals surface area contributed by atoms with E-state index in [4.69, 9.17) is 4.74 Å². The number of methoxy groups -OCH3 is 1. The van der Waals surface area contributed by atoms with Gasteiger partial charge in [0.25, 0.3) is 5.91 Å². The van der Waals surface area contributed by atoms with Crippen molar-refractivity contribution in [1.29, 1.82) is 0 Å². The standard InChI is InChI=1S/C13H16N4O2/c1-9-4-5-11(19-3)10(6-9)13(18)17(2)7-12-14-8-15-16-12/h4-6,8H,7H2,1-3H3,(H,14,15,16). The molecule has 1 amide bonds. The van der Waals surface area contributed by atoms with Gasteiger partial charge in [-0.15, -0.1) is 0 Å². The van der Waals surface area contributed by atoms with Gasteiger partial charge in [0.1, 0.15) is 17.9 Å². The number of benzene rings is 1. The molecule has 1 heterocycles. The molecule has 0 radical (unpaired) electrons. The normalized spacial score (nSPS) is 10.3. The summed E-state index contributed by atoms with van der Waals surface area (Å²) < 4.78 is 5.22. The van der Waals surface area contributed by atoms with Crippen LogP contribution in [0.1, 0.15) is 21.7 Å². The maximum absolute atomic E-state index is 12.4. The summed E-state index contributed by atoms with van der Waals surface area (Å²) in [5.74, 6) is 1.10. The van der Waals surface area contributed by atoms with E-state index in [1.54, 1.807) is 25.1 Å². The molecule has 1 aromatic heterocycles. The minimum absolute atomic E-state index is 0.114. The Morgan fingerprint density at radius 3 is 2.89 bits per heavy atom. The van der Waals surface area contributed by atoms with Crippen LogP contribution in [0, 0.1) is 6.92 Å². The summed E-state index contributed by atoms with van der Waals surface area (Å²) in [6.45, 7) is 2.31. The molecular weight excluding hydrogens is 244 g/mol. The van der Waals surface area contributed by atoms with Crippen molar-refractivity contribution in [3.63, 3.8) is 0 Å². The Balaban J connectivity index is 2.21. The van der Waals surface area contributed by atoms with Crippen LogP contribution in [-0.4, -0.2) is 40.1 Å². The van der Waals surface area contributed by atoms with E-state index in [0.717, 1.165) is 5.56 Å². The predicted octanol–water partition coefficient (Wildman–Crippen LogP) is 1.39. The first-order valence-electron chi connectivity index (χ1n) is 5.86. The van der Waals surface area contributed by atoms with Crippen molar-refractivity contribution < 1.29 is 9.53 Å². The molecule has 0 atom stereocenters. The number of aromatic amines is 1. The number of H-pyrrole nitrogens is 1. The SMILES string of the molecule is COc1ccc(C)cc1C(=O)N(C)Cc1ncn[nH]1. The number of carbonyl (C=O) groups excluding carboxylic acids is 1. The lowest BCUT2D eigenvalue weighted by Crippen LogP contribution is -2.27. The summed E-state index contributed by atoms with van der Waals surface area (Å²) >= 11 is 0. The Kier molecular flexibility index (Phi) is 3.79. The van der Waals surface area contributed by atoms with Gasteiger partial charge in [0.2, 0.25) is 0 Å². The van der Waals surface area contributed by atoms with Gasteiger partial charge in [-0.25, -0.2) is 4.98 Å². The zero-order valence-corrected chi connectivity index (χ0v) is 11.2. The monoisotopic (exact) mass is 260 g/mol. The smallest absolute Gasteiger partial charge is 0.257 e. The first-order chi connectivity index (χ1) is 9.11. The molecule has 0 saturated carbocycles. The van der Waals surface area contributed by atoms with Gasteiger partial charge in [-0.3, -0.25) is 9.89 Å². The fourth-order valence-electron chi connectivity index (χ4n) is 1.80. The van der Waals surface area contributed by atoms with Crippen LogP contribution in [0.4, 0.5) is 0 Å². The van der Waals surface area contributed by atoms with Crippen molar-refractivity contribution in [3.05, 3.63) is 41.5 Å². The van der Waals surface area contributed by atoms with Crippen LogP contribution >= 0.6 is 0 Å². The fourth-order valence-corrected chi connectivity index (χ4v) is 1.80. The fraction of sp³-hybridized carbons (Fsp3) is 0.308. The molecular formula is C13H16N4O2. The highest BCUT2D eigenvalue weighted by Crippen LogP contribution is 2.21. The number of aromatic nitrogens is 3. The maximum atomic E-state index is 12.4. The van der Waals surface area contributed by atoms with Gasteiger partial charge in [0.05, 0.1) is 19.2 Å². The molecule has 0 saturated heterocycles. The second-order valence-corrected chi connectivity index (χ2v) is 4.30. The Hall–Kier alpha value is -2.37. The molecule has 1 N–H and O–H groups in total. The summed E-state index contributed by atoms with van der Waals surface area (Å²) in [4.78, 5) is 18.0. The predicted molar refractivity (Wildman–Crippen MR) is 69.9 cm³/mol. The van der Waals surface area contributed by atoms with E-state index in [0.29, 0.717) is 23.7 Å². The van der Waals surface area contributed by atoms with Crippen LogP contribution in [0.3, 0.4) is 0 Å². The van der Waals surface area contributed by atoms with Crippen molar-refractivity contribution in [2.45, 2.75) is 13.5 Å². The number of rotatable bonds is 4. The highest BCUT2D eigenvalue weighted by molar-refractivity contribution is 5.96.